The van der Waals surface area contributed by atoms with Crippen LogP contribution in [0.5, 0.6) is 11.5 Å². The predicted octanol–water partition coefficient (Wildman–Crippen LogP) is 3.99. The first-order valence-corrected chi connectivity index (χ1v) is 9.04. The zero-order valence-corrected chi connectivity index (χ0v) is 15.1. The lowest BCUT2D eigenvalue weighted by Crippen LogP contribution is -2.29. The zero-order valence-electron chi connectivity index (χ0n) is 15.1. The Hall–Kier alpha value is -2.04. The predicted molar refractivity (Wildman–Crippen MR) is 100 cm³/mol. The Balaban J connectivity index is 1.83. The number of aryl methyl sites for hydroxylation is 1. The third-order valence-electron chi connectivity index (χ3n) is 4.55. The minimum Gasteiger partial charge on any atom is -0.504 e. The fraction of sp³-hybridized carbons (Fsp3) is 0.429. The second-order valence-corrected chi connectivity index (χ2v) is 6.54. The third kappa shape index (κ3) is 4.33. The maximum absolute atomic E-state index is 10.5. The largest absolute Gasteiger partial charge is 0.504 e. The molecule has 2 aromatic rings. The Kier molecular flexibility index (Phi) is 5.95. The van der Waals surface area contributed by atoms with Crippen LogP contribution in [0.2, 0.25) is 0 Å². The number of hydrogen-bond acceptors (Lipinski definition) is 4. The Labute approximate surface area is 150 Å². The van der Waals surface area contributed by atoms with E-state index in [2.05, 4.69) is 36.9 Å². The van der Waals surface area contributed by atoms with Crippen molar-refractivity contribution in [2.24, 2.45) is 0 Å². The van der Waals surface area contributed by atoms with Crippen LogP contribution in [0.1, 0.15) is 24.5 Å². The van der Waals surface area contributed by atoms with Gasteiger partial charge in [-0.2, -0.15) is 0 Å². The molecule has 1 aliphatic rings. The zero-order chi connectivity index (χ0) is 17.6. The molecule has 0 aromatic heterocycles. The van der Waals surface area contributed by atoms with Gasteiger partial charge in [-0.05, 0) is 42.2 Å². The number of fused-ring (bicyclic) bond motifs is 1. The molecule has 2 aromatic carbocycles. The van der Waals surface area contributed by atoms with E-state index >= 15 is 0 Å². The fourth-order valence-electron chi connectivity index (χ4n) is 3.24. The molecule has 4 heteroatoms. The summed E-state index contributed by atoms with van der Waals surface area (Å²) in [5.41, 5.74) is 4.40. The van der Waals surface area contributed by atoms with E-state index in [4.69, 9.17) is 9.47 Å². The maximum atomic E-state index is 10.5. The number of hydrogen-bond donors (Lipinski definition) is 1. The molecule has 0 radical (unpaired) electrons. The summed E-state index contributed by atoms with van der Waals surface area (Å²) < 4.78 is 11.4. The van der Waals surface area contributed by atoms with E-state index in [1.165, 1.54) is 5.56 Å². The van der Waals surface area contributed by atoms with Crippen LogP contribution in [0.3, 0.4) is 0 Å². The van der Waals surface area contributed by atoms with Gasteiger partial charge in [-0.25, -0.2) is 0 Å². The standard InChI is InChI=1S/C21H27NO3/c1-3-10-24-11-8-22-9-12-25-21-18(15-22)13-17(14-20(21)23)19-7-5-4-6-16(19)2/h4-7,13-14,23H,3,8-12,15H2,1-2H3. The summed E-state index contributed by atoms with van der Waals surface area (Å²) in [7, 11) is 0. The van der Waals surface area contributed by atoms with Crippen molar-refractivity contribution in [1.29, 1.82) is 0 Å². The quantitative estimate of drug-likeness (QED) is 0.807. The lowest BCUT2D eigenvalue weighted by Gasteiger charge is -2.19. The molecule has 0 fully saturated rings. The summed E-state index contributed by atoms with van der Waals surface area (Å²) in [5.74, 6) is 0.842. The van der Waals surface area contributed by atoms with Crippen molar-refractivity contribution in [2.75, 3.05) is 32.9 Å². The highest BCUT2D eigenvalue weighted by Gasteiger charge is 2.20. The van der Waals surface area contributed by atoms with E-state index in [-0.39, 0.29) is 5.75 Å². The number of aromatic hydroxyl groups is 1. The molecule has 3 rings (SSSR count). The van der Waals surface area contributed by atoms with Crippen LogP contribution in [-0.2, 0) is 11.3 Å². The SMILES string of the molecule is CCCOCCN1CCOc2c(O)cc(-c3ccccc3C)cc2C1. The van der Waals surface area contributed by atoms with Gasteiger partial charge in [0, 0.05) is 31.8 Å². The Morgan fingerprint density at radius 1 is 1.20 bits per heavy atom. The van der Waals surface area contributed by atoms with Gasteiger partial charge in [0.2, 0.25) is 0 Å². The van der Waals surface area contributed by atoms with Crippen LogP contribution in [0, 0.1) is 6.92 Å². The van der Waals surface area contributed by atoms with Gasteiger partial charge < -0.3 is 14.6 Å². The summed E-state index contributed by atoms with van der Waals surface area (Å²) in [6.07, 6.45) is 1.04. The second kappa shape index (κ2) is 8.37. The van der Waals surface area contributed by atoms with Gasteiger partial charge >= 0.3 is 0 Å². The summed E-state index contributed by atoms with van der Waals surface area (Å²) in [4.78, 5) is 2.32. The van der Waals surface area contributed by atoms with E-state index in [9.17, 15) is 5.11 Å². The summed E-state index contributed by atoms with van der Waals surface area (Å²) >= 11 is 0. The molecule has 0 saturated carbocycles. The Morgan fingerprint density at radius 3 is 2.84 bits per heavy atom. The summed E-state index contributed by atoms with van der Waals surface area (Å²) in [5, 5.41) is 10.5. The van der Waals surface area contributed by atoms with Crippen molar-refractivity contribution >= 4 is 0 Å². The third-order valence-corrected chi connectivity index (χ3v) is 4.55. The first kappa shape index (κ1) is 17.8. The topological polar surface area (TPSA) is 41.9 Å². The van der Waals surface area contributed by atoms with Crippen LogP contribution in [0.25, 0.3) is 11.1 Å². The average Bonchev–Trinajstić information content (AvgIpc) is 2.81. The van der Waals surface area contributed by atoms with Crippen LogP contribution in [-0.4, -0.2) is 42.9 Å². The van der Waals surface area contributed by atoms with Gasteiger partial charge in [-0.15, -0.1) is 0 Å². The highest BCUT2D eigenvalue weighted by atomic mass is 16.5. The maximum Gasteiger partial charge on any atom is 0.165 e. The van der Waals surface area contributed by atoms with Crippen molar-refractivity contribution in [3.8, 4) is 22.6 Å². The molecule has 0 saturated heterocycles. The highest BCUT2D eigenvalue weighted by Crippen LogP contribution is 2.38. The van der Waals surface area contributed by atoms with Gasteiger partial charge in [0.05, 0.1) is 6.61 Å². The molecule has 4 nitrogen and oxygen atoms in total. The average molecular weight is 341 g/mol. The Bertz CT molecular complexity index is 714. The second-order valence-electron chi connectivity index (χ2n) is 6.54. The first-order valence-electron chi connectivity index (χ1n) is 9.04. The van der Waals surface area contributed by atoms with E-state index in [0.29, 0.717) is 12.4 Å². The molecule has 25 heavy (non-hydrogen) atoms. The lowest BCUT2D eigenvalue weighted by molar-refractivity contribution is 0.0990. The Morgan fingerprint density at radius 2 is 2.04 bits per heavy atom. The van der Waals surface area contributed by atoms with Crippen LogP contribution >= 0.6 is 0 Å². The molecule has 1 aliphatic heterocycles. The molecular weight excluding hydrogens is 314 g/mol. The van der Waals surface area contributed by atoms with Gasteiger partial charge in [-0.3, -0.25) is 4.90 Å². The van der Waals surface area contributed by atoms with Crippen LogP contribution < -0.4 is 4.74 Å². The van der Waals surface area contributed by atoms with Crippen molar-refractivity contribution in [1.82, 2.24) is 4.90 Å². The monoisotopic (exact) mass is 341 g/mol. The molecule has 0 amide bonds. The number of rotatable bonds is 6. The first-order chi connectivity index (χ1) is 12.2. The van der Waals surface area contributed by atoms with E-state index < -0.39 is 0 Å². The smallest absolute Gasteiger partial charge is 0.165 e. The number of benzene rings is 2. The molecule has 1 heterocycles. The minimum atomic E-state index is 0.222. The molecule has 0 aliphatic carbocycles. The molecule has 0 unspecified atom stereocenters. The minimum absolute atomic E-state index is 0.222. The van der Waals surface area contributed by atoms with Crippen molar-refractivity contribution < 1.29 is 14.6 Å². The number of nitrogens with zero attached hydrogens (tertiary/aromatic N) is 1. The van der Waals surface area contributed by atoms with Crippen molar-refractivity contribution in [3.63, 3.8) is 0 Å². The number of ether oxygens (including phenoxy) is 2. The van der Waals surface area contributed by atoms with E-state index in [0.717, 1.165) is 56.0 Å². The van der Waals surface area contributed by atoms with Gasteiger partial charge in [0.15, 0.2) is 11.5 Å². The van der Waals surface area contributed by atoms with E-state index in [1.54, 1.807) is 6.07 Å². The van der Waals surface area contributed by atoms with Crippen molar-refractivity contribution in [2.45, 2.75) is 26.8 Å². The fourth-order valence-corrected chi connectivity index (χ4v) is 3.24. The van der Waals surface area contributed by atoms with Crippen LogP contribution in [0.4, 0.5) is 0 Å². The van der Waals surface area contributed by atoms with Gasteiger partial charge in [0.25, 0.3) is 0 Å². The number of phenols is 1. The molecular formula is C21H27NO3. The normalized spacial score (nSPS) is 14.6. The molecule has 0 spiro atoms. The molecule has 1 N–H and O–H groups in total. The van der Waals surface area contributed by atoms with E-state index in [1.807, 2.05) is 12.1 Å². The summed E-state index contributed by atoms with van der Waals surface area (Å²) in [6, 6.07) is 12.2. The summed E-state index contributed by atoms with van der Waals surface area (Å²) in [6.45, 7) is 8.79. The van der Waals surface area contributed by atoms with Crippen LogP contribution in [0.15, 0.2) is 36.4 Å². The van der Waals surface area contributed by atoms with Gasteiger partial charge in [0.1, 0.15) is 6.61 Å². The van der Waals surface area contributed by atoms with Crippen molar-refractivity contribution in [3.05, 3.63) is 47.5 Å². The highest BCUT2D eigenvalue weighted by molar-refractivity contribution is 5.71. The van der Waals surface area contributed by atoms with Gasteiger partial charge in [-0.1, -0.05) is 31.2 Å². The lowest BCUT2D eigenvalue weighted by atomic mass is 9.98. The molecule has 134 valence electrons. The molecule has 0 atom stereocenters. The molecule has 0 bridgehead atoms. The number of phenolic OH excluding ortho intramolecular Hbond substituents is 1.